The van der Waals surface area contributed by atoms with Gasteiger partial charge in [0, 0.05) is 27.3 Å². The first kappa shape index (κ1) is 23.0. The van der Waals surface area contributed by atoms with E-state index in [0.29, 0.717) is 0 Å². The van der Waals surface area contributed by atoms with Crippen LogP contribution in [0.3, 0.4) is 0 Å². The minimum atomic E-state index is -4.08. The van der Waals surface area contributed by atoms with Crippen molar-refractivity contribution in [3.05, 3.63) is 0 Å². The second-order valence-corrected chi connectivity index (χ2v) is 2.06. The Morgan fingerprint density at radius 3 is 0.800 bits per heavy atom. The van der Waals surface area contributed by atoms with Gasteiger partial charge in [0.25, 0.3) is 0 Å². The molecule has 0 aromatic heterocycles. The number of rotatable bonds is 0. The molecule has 0 bridgehead atoms. The van der Waals surface area contributed by atoms with Gasteiger partial charge in [0.1, 0.15) is 0 Å². The summed E-state index contributed by atoms with van der Waals surface area (Å²) in [6.07, 6.45) is 0. The summed E-state index contributed by atoms with van der Waals surface area (Å²) < 4.78 is 51.5. The van der Waals surface area contributed by atoms with Gasteiger partial charge >= 0.3 is 84.8 Å². The minimum Gasteiger partial charge on any atom is 0 e. The molecule has 0 saturated carbocycles. The van der Waals surface area contributed by atoms with Crippen LogP contribution in [0, 0.1) is 0 Å². The van der Waals surface area contributed by atoms with Gasteiger partial charge in [-0.3, -0.25) is 0 Å². The fourth-order valence-corrected chi connectivity index (χ4v) is 0. The van der Waals surface area contributed by atoms with Crippen LogP contribution < -0.4 is 14.8 Å². The van der Waals surface area contributed by atoms with E-state index < -0.39 is 37.2 Å². The average Bonchev–Trinajstić information content (AvgIpc) is 1.25. The summed E-state index contributed by atoms with van der Waals surface area (Å²) in [7, 11) is 0. The summed E-state index contributed by atoms with van der Waals surface area (Å²) in [5.41, 5.74) is 0. The molecule has 0 saturated heterocycles. The topological polar surface area (TPSA) is 126 Å². The van der Waals surface area contributed by atoms with E-state index >= 15 is 0 Å². The molecule has 0 aromatic rings. The molecule has 10 heteroatoms. The average molecular weight is 490 g/mol. The van der Waals surface area contributed by atoms with Crippen LogP contribution in [0.1, 0.15) is 0 Å². The molecule has 10 heavy (non-hydrogen) atoms. The molecule has 0 spiro atoms. The van der Waals surface area contributed by atoms with Gasteiger partial charge < -0.3 is 0 Å². The van der Waals surface area contributed by atoms with E-state index in [9.17, 15) is 0 Å². The van der Waals surface area contributed by atoms with Gasteiger partial charge in [0.05, 0.1) is 0 Å². The largest absolute Gasteiger partial charge is 4.00 e. The van der Waals surface area contributed by atoms with Crippen LogP contribution >= 0.6 is 0 Å². The minimum absolute atomic E-state index is 0. The molecule has 0 aliphatic rings. The van der Waals surface area contributed by atoms with E-state index in [1.807, 2.05) is 0 Å². The zero-order chi connectivity index (χ0) is 7.15. The molecule has 0 aromatic carbocycles. The molecule has 0 aliphatic heterocycles. The molecule has 0 unspecified atom stereocenters. The van der Waals surface area contributed by atoms with E-state index in [2.05, 4.69) is 0 Å². The maximum atomic E-state index is 8.58. The van der Waals surface area contributed by atoms with Crippen LogP contribution in [0.5, 0.6) is 0 Å². The molecule has 4 radical (unpaired) electrons. The predicted molar refractivity (Wildman–Crippen MR) is 7.13 cm³/mol. The van der Waals surface area contributed by atoms with Crippen molar-refractivity contribution in [2.75, 3.05) is 0 Å². The standard InChI is InChI=1S/6O.Pb.2Ti.Zr/q;;4*-1;;;;+4. The summed E-state index contributed by atoms with van der Waals surface area (Å²) in [5.74, 6) is 0. The number of hydrogen-bond acceptors (Lipinski definition) is 6. The van der Waals surface area contributed by atoms with Crippen molar-refractivity contribution < 1.29 is 84.8 Å². The van der Waals surface area contributed by atoms with Crippen molar-refractivity contribution in [1.82, 2.24) is 0 Å². The second kappa shape index (κ2) is 17.7. The van der Waals surface area contributed by atoms with Gasteiger partial charge in [0.2, 0.25) is 0 Å². The molecule has 0 heterocycles. The maximum Gasteiger partial charge on any atom is 4.00 e. The molecule has 0 atom stereocenters. The third kappa shape index (κ3) is 140. The Bertz CT molecular complexity index is 73.7. The Kier molecular flexibility index (Phi) is 40.6. The smallest absolute Gasteiger partial charge is 0 e. The van der Waals surface area contributed by atoms with Crippen molar-refractivity contribution in [1.29, 1.82) is 0 Å². The Labute approximate surface area is 110 Å². The Morgan fingerprint density at radius 2 is 0.800 bits per heavy atom. The molecule has 52 valence electrons. The van der Waals surface area contributed by atoms with Gasteiger partial charge in [-0.2, -0.15) is 0 Å². The zero-order valence-corrected chi connectivity index (χ0v) is 13.9. The fraction of sp³-hybridized carbons (Fsp3) is 0. The monoisotopic (exact) mass is 490 g/mol. The predicted octanol–water partition coefficient (Wildman–Crippen LogP) is -5.38. The molecule has 0 fully saturated rings. The second-order valence-electron chi connectivity index (χ2n) is 0.500. The van der Waals surface area contributed by atoms with Crippen LogP contribution in [0.4, 0.5) is 0 Å². The molecule has 0 amide bonds. The first-order chi connectivity index (χ1) is 3.46. The molecule has 0 N–H and O–H groups in total. The van der Waals surface area contributed by atoms with Crippen LogP contribution in [0.2, 0.25) is 0 Å². The molecule has 0 rings (SSSR count). The van der Waals surface area contributed by atoms with Crippen molar-refractivity contribution in [2.24, 2.45) is 0 Å². The normalized spacial score (nSPS) is 5.20. The van der Waals surface area contributed by atoms with Gasteiger partial charge in [-0.15, -0.1) is 0 Å². The quantitative estimate of drug-likeness (QED) is 0.312. The van der Waals surface area contributed by atoms with Crippen molar-refractivity contribution in [3.8, 4) is 0 Å². The van der Waals surface area contributed by atoms with Gasteiger partial charge in [0.15, 0.2) is 0 Å². The van der Waals surface area contributed by atoms with Crippen LogP contribution in [0.15, 0.2) is 0 Å². The summed E-state index contributed by atoms with van der Waals surface area (Å²) in [6.45, 7) is 0. The Balaban J connectivity index is -0.0000000300. The van der Waals surface area contributed by atoms with E-state index in [4.69, 9.17) is 21.4 Å². The summed E-state index contributed by atoms with van der Waals surface area (Å²) >= 11 is -8.17. The van der Waals surface area contributed by atoms with E-state index in [0.717, 1.165) is 0 Å². The van der Waals surface area contributed by atoms with Crippen molar-refractivity contribution in [2.45, 2.75) is 0 Å². The maximum absolute atomic E-state index is 8.58. The van der Waals surface area contributed by atoms with E-state index in [-0.39, 0.29) is 53.5 Å². The van der Waals surface area contributed by atoms with E-state index in [1.165, 1.54) is 0 Å². The third-order valence-corrected chi connectivity index (χ3v) is 0. The van der Waals surface area contributed by atoms with Gasteiger partial charge in [-0.1, -0.05) is 0 Å². The number of hydrogen-bond donors (Lipinski definition) is 0. The molecule has 0 aliphatic carbocycles. The van der Waals surface area contributed by atoms with E-state index in [1.54, 1.807) is 0 Å². The summed E-state index contributed by atoms with van der Waals surface area (Å²) in [4.78, 5) is 0. The molecule has 6 nitrogen and oxygen atoms in total. The van der Waals surface area contributed by atoms with Crippen LogP contribution in [-0.2, 0) is 70.1 Å². The fourth-order valence-electron chi connectivity index (χ4n) is 0. The molecular weight excluding hydrogens is 490 g/mol. The zero-order valence-electron chi connectivity index (χ0n) is 4.45. The van der Waals surface area contributed by atoms with Crippen molar-refractivity contribution in [3.63, 3.8) is 0 Å². The summed E-state index contributed by atoms with van der Waals surface area (Å²) in [6, 6.07) is 0. The SMILES string of the molecule is [O]=[Ti]([O-])[O-].[O]=[Ti]([O-])[O-].[Pb].[Zr+4]. The van der Waals surface area contributed by atoms with Gasteiger partial charge in [-0.05, 0) is 0 Å². The molecular formula is O6PbTi2Zr. The van der Waals surface area contributed by atoms with Crippen molar-refractivity contribution >= 4 is 27.3 Å². The van der Waals surface area contributed by atoms with Crippen LogP contribution in [0.25, 0.3) is 0 Å². The Morgan fingerprint density at radius 1 is 0.800 bits per heavy atom. The Hall–Kier alpha value is 2.67. The summed E-state index contributed by atoms with van der Waals surface area (Å²) in [5, 5.41) is 0. The van der Waals surface area contributed by atoms with Gasteiger partial charge in [-0.25, -0.2) is 0 Å². The third-order valence-electron chi connectivity index (χ3n) is 0. The first-order valence-corrected chi connectivity index (χ1v) is 5.05. The van der Waals surface area contributed by atoms with Crippen LogP contribution in [-0.4, -0.2) is 27.3 Å². The first-order valence-electron chi connectivity index (χ1n) is 1.22.